The van der Waals surface area contributed by atoms with Gasteiger partial charge in [0.25, 0.3) is 0 Å². The number of nitrogens with zero attached hydrogens (tertiary/aromatic N) is 4. The van der Waals surface area contributed by atoms with Gasteiger partial charge < -0.3 is 4.90 Å². The van der Waals surface area contributed by atoms with Crippen LogP contribution in [0.15, 0.2) is 18.5 Å². The quantitative estimate of drug-likeness (QED) is 0.794. The van der Waals surface area contributed by atoms with Gasteiger partial charge in [0.2, 0.25) is 0 Å². The molecule has 0 unspecified atom stereocenters. The molecule has 0 saturated carbocycles. The number of hydrogen-bond donors (Lipinski definition) is 0. The Hall–Kier alpha value is -1.86. The minimum Gasteiger partial charge on any atom is -0.353 e. The molecule has 0 bridgehead atoms. The van der Waals surface area contributed by atoms with Gasteiger partial charge in [-0.15, -0.1) is 0 Å². The Kier molecular flexibility index (Phi) is 3.23. The average Bonchev–Trinajstić information content (AvgIpc) is 2.36. The lowest BCUT2D eigenvalue weighted by atomic mass is 9.97. The zero-order chi connectivity index (χ0) is 14.3. The first-order valence-electron chi connectivity index (χ1n) is 6.69. The van der Waals surface area contributed by atoms with E-state index in [2.05, 4.69) is 34.8 Å². The normalized spacial score (nSPS) is 15.4. The predicted molar refractivity (Wildman–Crippen MR) is 80.0 cm³/mol. The minimum absolute atomic E-state index is 0.108. The van der Waals surface area contributed by atoms with Crippen molar-refractivity contribution >= 4 is 28.2 Å². The average molecular weight is 287 g/mol. The Balaban J connectivity index is 2.12. The second-order valence-electron chi connectivity index (χ2n) is 5.48. The maximum absolute atomic E-state index is 8.89. The number of hydrogen-bond acceptors (Lipinski definition) is 4. The summed E-state index contributed by atoms with van der Waals surface area (Å²) in [6, 6.07) is 4.18. The van der Waals surface area contributed by atoms with Crippen molar-refractivity contribution in [2.24, 2.45) is 5.92 Å². The topological polar surface area (TPSA) is 52.8 Å². The molecule has 102 valence electrons. The SMILES string of the molecule is CC(C)c1cnc(N2CC(C#N)C2)c2cnc(Cl)cc12. The van der Waals surface area contributed by atoms with Gasteiger partial charge in [-0.3, -0.25) is 0 Å². The Morgan fingerprint density at radius 1 is 1.30 bits per heavy atom. The molecule has 2 aromatic heterocycles. The zero-order valence-electron chi connectivity index (χ0n) is 11.5. The van der Waals surface area contributed by atoms with E-state index in [1.54, 1.807) is 6.20 Å². The number of fused-ring (bicyclic) bond motifs is 1. The monoisotopic (exact) mass is 286 g/mol. The molecule has 1 saturated heterocycles. The van der Waals surface area contributed by atoms with Crippen LogP contribution < -0.4 is 4.90 Å². The van der Waals surface area contributed by atoms with Crippen LogP contribution in [0.3, 0.4) is 0 Å². The predicted octanol–water partition coefficient (Wildman–Crippen LogP) is 3.37. The molecule has 0 aliphatic carbocycles. The molecule has 20 heavy (non-hydrogen) atoms. The van der Waals surface area contributed by atoms with Crippen LogP contribution in [-0.2, 0) is 0 Å². The molecule has 1 fully saturated rings. The van der Waals surface area contributed by atoms with E-state index >= 15 is 0 Å². The Bertz CT molecular complexity index is 699. The fraction of sp³-hybridized carbons (Fsp3) is 0.400. The Morgan fingerprint density at radius 3 is 2.70 bits per heavy atom. The second-order valence-corrected chi connectivity index (χ2v) is 5.86. The van der Waals surface area contributed by atoms with Crippen LogP contribution in [0.25, 0.3) is 10.8 Å². The maximum Gasteiger partial charge on any atom is 0.138 e. The summed E-state index contributed by atoms with van der Waals surface area (Å²) in [5.74, 6) is 1.39. The summed E-state index contributed by atoms with van der Waals surface area (Å²) < 4.78 is 0. The first-order valence-corrected chi connectivity index (χ1v) is 7.06. The van der Waals surface area contributed by atoms with Gasteiger partial charge in [0.15, 0.2) is 0 Å². The lowest BCUT2D eigenvalue weighted by molar-refractivity contribution is 0.501. The highest BCUT2D eigenvalue weighted by Gasteiger charge is 2.29. The fourth-order valence-electron chi connectivity index (χ4n) is 2.56. The van der Waals surface area contributed by atoms with Crippen LogP contribution in [0.1, 0.15) is 25.3 Å². The van der Waals surface area contributed by atoms with E-state index in [4.69, 9.17) is 16.9 Å². The van der Waals surface area contributed by atoms with Gasteiger partial charge in [-0.25, -0.2) is 9.97 Å². The third kappa shape index (κ3) is 2.08. The summed E-state index contributed by atoms with van der Waals surface area (Å²) in [6.45, 7) is 5.75. The molecule has 0 atom stereocenters. The summed E-state index contributed by atoms with van der Waals surface area (Å²) in [5, 5.41) is 11.5. The van der Waals surface area contributed by atoms with Gasteiger partial charge in [0.1, 0.15) is 11.0 Å². The number of pyridine rings is 2. The van der Waals surface area contributed by atoms with E-state index in [0.717, 1.165) is 29.7 Å². The van der Waals surface area contributed by atoms with E-state index in [1.807, 2.05) is 12.3 Å². The van der Waals surface area contributed by atoms with Gasteiger partial charge in [-0.1, -0.05) is 25.4 Å². The van der Waals surface area contributed by atoms with Gasteiger partial charge >= 0.3 is 0 Å². The second kappa shape index (κ2) is 4.92. The van der Waals surface area contributed by atoms with Crippen molar-refractivity contribution < 1.29 is 0 Å². The van der Waals surface area contributed by atoms with Crippen LogP contribution in [-0.4, -0.2) is 23.1 Å². The Morgan fingerprint density at radius 2 is 2.05 bits per heavy atom. The largest absolute Gasteiger partial charge is 0.353 e. The number of aromatic nitrogens is 2. The summed E-state index contributed by atoms with van der Waals surface area (Å²) in [7, 11) is 0. The lowest BCUT2D eigenvalue weighted by Crippen LogP contribution is -2.46. The molecule has 0 aromatic carbocycles. The maximum atomic E-state index is 8.89. The van der Waals surface area contributed by atoms with Crippen LogP contribution in [0.2, 0.25) is 5.15 Å². The van der Waals surface area contributed by atoms with Crippen LogP contribution >= 0.6 is 11.6 Å². The van der Waals surface area contributed by atoms with Gasteiger partial charge in [-0.2, -0.15) is 5.26 Å². The lowest BCUT2D eigenvalue weighted by Gasteiger charge is -2.37. The molecule has 1 aliphatic heterocycles. The first-order chi connectivity index (χ1) is 9.60. The number of nitriles is 1. The van der Waals surface area contributed by atoms with Crippen LogP contribution in [0.5, 0.6) is 0 Å². The van der Waals surface area contributed by atoms with E-state index < -0.39 is 0 Å². The number of anilines is 1. The molecule has 0 radical (unpaired) electrons. The van der Waals surface area contributed by atoms with Crippen molar-refractivity contribution in [1.82, 2.24) is 9.97 Å². The van der Waals surface area contributed by atoms with Crippen molar-refractivity contribution in [3.8, 4) is 6.07 Å². The number of halogens is 1. The fourth-order valence-corrected chi connectivity index (χ4v) is 2.72. The molecule has 5 heteroatoms. The summed E-state index contributed by atoms with van der Waals surface area (Å²) in [6.07, 6.45) is 3.70. The molecule has 2 aromatic rings. The molecule has 4 nitrogen and oxygen atoms in total. The zero-order valence-corrected chi connectivity index (χ0v) is 12.2. The van der Waals surface area contributed by atoms with Crippen molar-refractivity contribution in [3.63, 3.8) is 0 Å². The van der Waals surface area contributed by atoms with E-state index in [1.165, 1.54) is 5.56 Å². The third-order valence-electron chi connectivity index (χ3n) is 3.73. The van der Waals surface area contributed by atoms with E-state index in [-0.39, 0.29) is 5.92 Å². The van der Waals surface area contributed by atoms with Crippen LogP contribution in [0.4, 0.5) is 5.82 Å². The van der Waals surface area contributed by atoms with Gasteiger partial charge in [0.05, 0.1) is 12.0 Å². The van der Waals surface area contributed by atoms with Gasteiger partial charge in [0, 0.05) is 30.9 Å². The number of rotatable bonds is 2. The molecule has 3 rings (SSSR count). The summed E-state index contributed by atoms with van der Waals surface area (Å²) >= 11 is 6.03. The molecule has 1 aliphatic rings. The van der Waals surface area contributed by atoms with Crippen molar-refractivity contribution in [3.05, 3.63) is 29.2 Å². The first kappa shape index (κ1) is 13.1. The molecule has 3 heterocycles. The highest BCUT2D eigenvalue weighted by atomic mass is 35.5. The van der Waals surface area contributed by atoms with Crippen molar-refractivity contribution in [2.75, 3.05) is 18.0 Å². The summed E-state index contributed by atoms with van der Waals surface area (Å²) in [4.78, 5) is 10.9. The molecular formula is C15H15ClN4. The molecular weight excluding hydrogens is 272 g/mol. The molecule has 0 N–H and O–H groups in total. The van der Waals surface area contributed by atoms with Gasteiger partial charge in [-0.05, 0) is 22.9 Å². The molecule has 0 amide bonds. The van der Waals surface area contributed by atoms with Crippen molar-refractivity contribution in [1.29, 1.82) is 5.26 Å². The Labute approximate surface area is 123 Å². The van der Waals surface area contributed by atoms with Crippen LogP contribution in [0, 0.1) is 17.2 Å². The summed E-state index contributed by atoms with van der Waals surface area (Å²) in [5.41, 5.74) is 1.17. The molecule has 0 spiro atoms. The smallest absolute Gasteiger partial charge is 0.138 e. The van der Waals surface area contributed by atoms with E-state index in [9.17, 15) is 0 Å². The highest BCUT2D eigenvalue weighted by molar-refractivity contribution is 6.30. The van der Waals surface area contributed by atoms with Crippen molar-refractivity contribution in [2.45, 2.75) is 19.8 Å². The van der Waals surface area contributed by atoms with E-state index in [0.29, 0.717) is 11.1 Å². The standard InChI is InChI=1S/C15H15ClN4/c1-9(2)12-5-19-15(20-7-10(4-17)8-20)13-6-18-14(16)3-11(12)13/h3,5-6,9-10H,7-8H2,1-2H3. The third-order valence-corrected chi connectivity index (χ3v) is 3.94. The minimum atomic E-state index is 0.108. The highest BCUT2D eigenvalue weighted by Crippen LogP contribution is 2.34.